The second-order valence-corrected chi connectivity index (χ2v) is 6.86. The van der Waals surface area contributed by atoms with Gasteiger partial charge in [0.05, 0.1) is 11.4 Å². The topological polar surface area (TPSA) is 15.3 Å². The van der Waals surface area contributed by atoms with Gasteiger partial charge in [0.25, 0.3) is 0 Å². The highest BCUT2D eigenvalue weighted by molar-refractivity contribution is 9.10. The molecule has 2 rings (SSSR count). The van der Waals surface area contributed by atoms with Crippen molar-refractivity contribution in [2.75, 3.05) is 24.3 Å². The van der Waals surface area contributed by atoms with E-state index < -0.39 is 0 Å². The van der Waals surface area contributed by atoms with E-state index in [0.717, 1.165) is 25.9 Å². The Bertz CT molecular complexity index is 644. The summed E-state index contributed by atoms with van der Waals surface area (Å²) in [6, 6.07) is 10.9. The first-order valence-electron chi connectivity index (χ1n) is 6.57. The molecule has 2 aromatic carbocycles. The van der Waals surface area contributed by atoms with Gasteiger partial charge < -0.3 is 10.2 Å². The first-order chi connectivity index (χ1) is 9.88. The van der Waals surface area contributed by atoms with E-state index in [1.807, 2.05) is 26.2 Å². The van der Waals surface area contributed by atoms with Crippen LogP contribution in [0.3, 0.4) is 0 Å². The molecule has 21 heavy (non-hydrogen) atoms. The predicted octanol–water partition coefficient (Wildman–Crippen LogP) is 5.59. The second-order valence-electron chi connectivity index (χ2n) is 5.09. The molecule has 0 amide bonds. The van der Waals surface area contributed by atoms with Gasteiger partial charge in [0, 0.05) is 29.1 Å². The lowest BCUT2D eigenvalue weighted by atomic mass is 10.1. The molecule has 1 N–H and O–H groups in total. The fourth-order valence-electron chi connectivity index (χ4n) is 2.18. The Morgan fingerprint density at radius 2 is 1.81 bits per heavy atom. The maximum absolute atomic E-state index is 13.2. The summed E-state index contributed by atoms with van der Waals surface area (Å²) in [6.07, 6.45) is 0. The van der Waals surface area contributed by atoms with Gasteiger partial charge >= 0.3 is 0 Å². The van der Waals surface area contributed by atoms with Crippen LogP contribution in [-0.2, 0) is 0 Å². The molecule has 0 radical (unpaired) electrons. The molecule has 0 aromatic heterocycles. The van der Waals surface area contributed by atoms with Gasteiger partial charge in [0.1, 0.15) is 5.82 Å². The number of hydrogen-bond donors (Lipinski definition) is 1. The average Bonchev–Trinajstić information content (AvgIpc) is 2.37. The van der Waals surface area contributed by atoms with Crippen LogP contribution in [0.1, 0.15) is 18.5 Å². The fourth-order valence-corrected chi connectivity index (χ4v) is 3.23. The smallest absolute Gasteiger partial charge is 0.124 e. The fraction of sp³-hybridized carbons (Fsp3) is 0.250. The van der Waals surface area contributed by atoms with Crippen molar-refractivity contribution in [1.82, 2.24) is 0 Å². The van der Waals surface area contributed by atoms with E-state index in [1.165, 1.54) is 12.1 Å². The number of anilines is 2. The Labute approximate surface area is 141 Å². The van der Waals surface area contributed by atoms with E-state index >= 15 is 0 Å². The van der Waals surface area contributed by atoms with Gasteiger partial charge in [0.15, 0.2) is 0 Å². The van der Waals surface area contributed by atoms with E-state index in [-0.39, 0.29) is 11.9 Å². The van der Waals surface area contributed by atoms with Crippen LogP contribution in [0.2, 0.25) is 0 Å². The largest absolute Gasteiger partial charge is 0.377 e. The molecule has 0 bridgehead atoms. The molecule has 0 aliphatic heterocycles. The van der Waals surface area contributed by atoms with Crippen molar-refractivity contribution < 1.29 is 4.39 Å². The minimum absolute atomic E-state index is 0.0491. The lowest BCUT2D eigenvalue weighted by Gasteiger charge is -2.23. The van der Waals surface area contributed by atoms with Crippen LogP contribution in [0.5, 0.6) is 0 Å². The second kappa shape index (κ2) is 6.79. The Kier molecular flexibility index (Phi) is 5.27. The number of hydrogen-bond acceptors (Lipinski definition) is 2. The van der Waals surface area contributed by atoms with Gasteiger partial charge in [-0.25, -0.2) is 4.39 Å². The van der Waals surface area contributed by atoms with Gasteiger partial charge in [-0.05, 0) is 42.8 Å². The van der Waals surface area contributed by atoms with E-state index in [4.69, 9.17) is 0 Å². The zero-order chi connectivity index (χ0) is 15.6. The molecule has 0 aliphatic carbocycles. The average molecular weight is 416 g/mol. The summed E-state index contributed by atoms with van der Waals surface area (Å²) in [7, 11) is 4.01. The van der Waals surface area contributed by atoms with Crippen molar-refractivity contribution in [2.24, 2.45) is 0 Å². The SMILES string of the molecule is CC(Nc1cc(Br)ccc1N(C)C)c1ccc(F)cc1Br. The maximum Gasteiger partial charge on any atom is 0.124 e. The predicted molar refractivity (Wildman–Crippen MR) is 94.6 cm³/mol. The van der Waals surface area contributed by atoms with Crippen molar-refractivity contribution in [3.05, 3.63) is 56.7 Å². The zero-order valence-electron chi connectivity index (χ0n) is 12.1. The van der Waals surface area contributed by atoms with Crippen LogP contribution in [0.4, 0.5) is 15.8 Å². The first-order valence-corrected chi connectivity index (χ1v) is 8.15. The zero-order valence-corrected chi connectivity index (χ0v) is 15.3. The molecule has 5 heteroatoms. The number of halogens is 3. The van der Waals surface area contributed by atoms with Gasteiger partial charge in [-0.2, -0.15) is 0 Å². The Hall–Kier alpha value is -1.07. The maximum atomic E-state index is 13.2. The minimum atomic E-state index is -0.241. The third kappa shape index (κ3) is 3.98. The molecule has 0 aliphatic rings. The van der Waals surface area contributed by atoms with Gasteiger partial charge in [-0.1, -0.05) is 37.9 Å². The van der Waals surface area contributed by atoms with Crippen molar-refractivity contribution in [3.63, 3.8) is 0 Å². The van der Waals surface area contributed by atoms with Crippen LogP contribution in [0.15, 0.2) is 45.3 Å². The summed E-state index contributed by atoms with van der Waals surface area (Å²) in [6.45, 7) is 2.05. The minimum Gasteiger partial charge on any atom is -0.377 e. The quantitative estimate of drug-likeness (QED) is 0.700. The van der Waals surface area contributed by atoms with E-state index in [2.05, 4.69) is 55.1 Å². The molecule has 2 aromatic rings. The number of rotatable bonds is 4. The van der Waals surface area contributed by atoms with Crippen LogP contribution in [0, 0.1) is 5.82 Å². The van der Waals surface area contributed by atoms with E-state index in [0.29, 0.717) is 0 Å². The summed E-state index contributed by atoms with van der Waals surface area (Å²) in [4.78, 5) is 2.06. The lowest BCUT2D eigenvalue weighted by Crippen LogP contribution is -2.14. The summed E-state index contributed by atoms with van der Waals surface area (Å²) < 4.78 is 15.0. The molecule has 0 heterocycles. The molecular weight excluding hydrogens is 399 g/mol. The van der Waals surface area contributed by atoms with Crippen LogP contribution in [0.25, 0.3) is 0 Å². The summed E-state index contributed by atoms with van der Waals surface area (Å²) in [5, 5.41) is 3.49. The lowest BCUT2D eigenvalue weighted by molar-refractivity contribution is 0.625. The highest BCUT2D eigenvalue weighted by atomic mass is 79.9. The molecule has 0 saturated heterocycles. The van der Waals surface area contributed by atoms with E-state index in [9.17, 15) is 4.39 Å². The number of benzene rings is 2. The van der Waals surface area contributed by atoms with Gasteiger partial charge in [-0.3, -0.25) is 0 Å². The monoisotopic (exact) mass is 414 g/mol. The molecule has 0 fully saturated rings. The molecule has 2 nitrogen and oxygen atoms in total. The number of nitrogens with one attached hydrogen (secondary N) is 1. The van der Waals surface area contributed by atoms with Gasteiger partial charge in [0.2, 0.25) is 0 Å². The first kappa shape index (κ1) is 16.3. The van der Waals surface area contributed by atoms with Crippen LogP contribution in [-0.4, -0.2) is 14.1 Å². The Balaban J connectivity index is 2.31. The van der Waals surface area contributed by atoms with Crippen molar-refractivity contribution >= 4 is 43.2 Å². The molecule has 0 spiro atoms. The highest BCUT2D eigenvalue weighted by Crippen LogP contribution is 2.33. The highest BCUT2D eigenvalue weighted by Gasteiger charge is 2.13. The molecule has 0 saturated carbocycles. The summed E-state index contributed by atoms with van der Waals surface area (Å²) in [5.41, 5.74) is 3.14. The summed E-state index contributed by atoms with van der Waals surface area (Å²) in [5.74, 6) is -0.241. The van der Waals surface area contributed by atoms with Crippen LogP contribution < -0.4 is 10.2 Å². The Morgan fingerprint density at radius 1 is 1.10 bits per heavy atom. The third-order valence-corrected chi connectivity index (χ3v) is 4.42. The Morgan fingerprint density at radius 3 is 2.43 bits per heavy atom. The molecular formula is C16H17Br2FN2. The van der Waals surface area contributed by atoms with Crippen molar-refractivity contribution in [3.8, 4) is 0 Å². The molecule has 1 unspecified atom stereocenters. The third-order valence-electron chi connectivity index (χ3n) is 3.24. The summed E-state index contributed by atoms with van der Waals surface area (Å²) >= 11 is 6.92. The normalized spacial score (nSPS) is 12.1. The molecule has 112 valence electrons. The van der Waals surface area contributed by atoms with Crippen LogP contribution >= 0.6 is 31.9 Å². The van der Waals surface area contributed by atoms with Gasteiger partial charge in [-0.15, -0.1) is 0 Å². The van der Waals surface area contributed by atoms with Crippen molar-refractivity contribution in [2.45, 2.75) is 13.0 Å². The van der Waals surface area contributed by atoms with E-state index in [1.54, 1.807) is 6.07 Å². The standard InChI is InChI=1S/C16H17Br2FN2/c1-10(13-6-5-12(19)9-14(13)18)20-15-8-11(17)4-7-16(15)21(2)3/h4-10,20H,1-3H3. The number of nitrogens with zero attached hydrogens (tertiary/aromatic N) is 1. The van der Waals surface area contributed by atoms with Crippen molar-refractivity contribution in [1.29, 1.82) is 0 Å². The molecule has 1 atom stereocenters.